The molecule has 1 aliphatic carbocycles. The first kappa shape index (κ1) is 15.6. The van der Waals surface area contributed by atoms with E-state index in [0.717, 1.165) is 25.7 Å². The SMILES string of the molecule is CCCCC[C@](C)(O)/C=C/[C@@H]1C2CC(=O)O[C@H]2C[C@H]1C. The fourth-order valence-electron chi connectivity index (χ4n) is 3.65. The van der Waals surface area contributed by atoms with Crippen molar-refractivity contribution in [3.05, 3.63) is 12.2 Å². The van der Waals surface area contributed by atoms with Gasteiger partial charge in [-0.05, 0) is 31.6 Å². The predicted octanol–water partition coefficient (Wildman–Crippen LogP) is 3.46. The Hall–Kier alpha value is -0.830. The fourth-order valence-corrected chi connectivity index (χ4v) is 3.65. The van der Waals surface area contributed by atoms with Crippen LogP contribution in [-0.2, 0) is 9.53 Å². The van der Waals surface area contributed by atoms with E-state index in [-0.39, 0.29) is 12.1 Å². The van der Waals surface area contributed by atoms with Gasteiger partial charge in [-0.1, -0.05) is 45.3 Å². The van der Waals surface area contributed by atoms with E-state index in [0.29, 0.717) is 24.2 Å². The minimum Gasteiger partial charge on any atom is -0.462 e. The van der Waals surface area contributed by atoms with Crippen molar-refractivity contribution in [3.8, 4) is 0 Å². The monoisotopic (exact) mass is 280 g/mol. The Labute approximate surface area is 122 Å². The number of fused-ring (bicyclic) bond motifs is 1. The van der Waals surface area contributed by atoms with Crippen LogP contribution >= 0.6 is 0 Å². The topological polar surface area (TPSA) is 46.5 Å². The van der Waals surface area contributed by atoms with E-state index in [1.54, 1.807) is 0 Å². The minimum absolute atomic E-state index is 0.0556. The molecule has 1 saturated heterocycles. The molecule has 1 saturated carbocycles. The molecule has 1 N–H and O–H groups in total. The number of unbranched alkanes of at least 4 members (excludes halogenated alkanes) is 2. The van der Waals surface area contributed by atoms with Crippen LogP contribution in [0.3, 0.4) is 0 Å². The van der Waals surface area contributed by atoms with Gasteiger partial charge in [0.2, 0.25) is 0 Å². The van der Waals surface area contributed by atoms with Gasteiger partial charge >= 0.3 is 5.97 Å². The van der Waals surface area contributed by atoms with E-state index in [1.165, 1.54) is 6.42 Å². The molecule has 3 heteroatoms. The van der Waals surface area contributed by atoms with E-state index < -0.39 is 5.60 Å². The van der Waals surface area contributed by atoms with E-state index in [2.05, 4.69) is 19.9 Å². The second-order valence-electron chi connectivity index (χ2n) is 6.86. The molecule has 114 valence electrons. The molecule has 1 aliphatic heterocycles. The quantitative estimate of drug-likeness (QED) is 0.460. The number of carbonyl (C=O) groups excluding carboxylic acids is 1. The number of ether oxygens (including phenoxy) is 1. The van der Waals surface area contributed by atoms with E-state index in [1.807, 2.05) is 13.0 Å². The molecule has 2 rings (SSSR count). The molecule has 2 fully saturated rings. The van der Waals surface area contributed by atoms with Gasteiger partial charge in [-0.15, -0.1) is 0 Å². The van der Waals surface area contributed by atoms with E-state index in [4.69, 9.17) is 4.74 Å². The molecule has 0 aromatic carbocycles. The summed E-state index contributed by atoms with van der Waals surface area (Å²) >= 11 is 0. The molecule has 0 spiro atoms. The van der Waals surface area contributed by atoms with Gasteiger partial charge < -0.3 is 9.84 Å². The van der Waals surface area contributed by atoms with Gasteiger partial charge in [0, 0.05) is 5.92 Å². The summed E-state index contributed by atoms with van der Waals surface area (Å²) in [5.74, 6) is 1.16. The van der Waals surface area contributed by atoms with Crippen molar-refractivity contribution in [2.24, 2.45) is 17.8 Å². The highest BCUT2D eigenvalue weighted by Gasteiger charge is 2.47. The first-order valence-electron chi connectivity index (χ1n) is 8.04. The minimum atomic E-state index is -0.726. The van der Waals surface area contributed by atoms with E-state index in [9.17, 15) is 9.90 Å². The lowest BCUT2D eigenvalue weighted by Crippen LogP contribution is -2.22. The molecule has 0 amide bonds. The smallest absolute Gasteiger partial charge is 0.306 e. The zero-order valence-electron chi connectivity index (χ0n) is 13.0. The summed E-state index contributed by atoms with van der Waals surface area (Å²) < 4.78 is 5.36. The van der Waals surface area contributed by atoms with Crippen LogP contribution in [-0.4, -0.2) is 22.8 Å². The Bertz CT molecular complexity index is 372. The number of aliphatic hydroxyl groups is 1. The van der Waals surface area contributed by atoms with Crippen LogP contribution < -0.4 is 0 Å². The summed E-state index contributed by atoms with van der Waals surface area (Å²) in [6.45, 7) is 6.27. The Morgan fingerprint density at radius 3 is 2.90 bits per heavy atom. The van der Waals surface area contributed by atoms with Crippen molar-refractivity contribution in [3.63, 3.8) is 0 Å². The van der Waals surface area contributed by atoms with Gasteiger partial charge in [0.15, 0.2) is 0 Å². The maximum atomic E-state index is 11.4. The highest BCUT2D eigenvalue weighted by Crippen LogP contribution is 2.45. The van der Waals surface area contributed by atoms with Crippen LogP contribution in [0.1, 0.15) is 59.3 Å². The van der Waals surface area contributed by atoms with Crippen LogP contribution in [0, 0.1) is 17.8 Å². The summed E-state index contributed by atoms with van der Waals surface area (Å²) in [6, 6.07) is 0. The maximum absolute atomic E-state index is 11.4. The normalized spacial score (nSPS) is 36.1. The Morgan fingerprint density at radius 2 is 2.20 bits per heavy atom. The molecule has 0 radical (unpaired) electrons. The summed E-state index contributed by atoms with van der Waals surface area (Å²) in [7, 11) is 0. The van der Waals surface area contributed by atoms with Crippen LogP contribution in [0.5, 0.6) is 0 Å². The zero-order valence-corrected chi connectivity index (χ0v) is 13.0. The molecule has 3 nitrogen and oxygen atoms in total. The Balaban J connectivity index is 1.94. The molecule has 5 atom stereocenters. The molecule has 2 aliphatic rings. The molecular formula is C17H28O3. The van der Waals surface area contributed by atoms with Crippen LogP contribution in [0.15, 0.2) is 12.2 Å². The molecule has 0 bridgehead atoms. The molecule has 0 aromatic rings. The fraction of sp³-hybridized carbons (Fsp3) is 0.824. The number of esters is 1. The highest BCUT2D eigenvalue weighted by atomic mass is 16.6. The lowest BCUT2D eigenvalue weighted by Gasteiger charge is -2.21. The first-order chi connectivity index (χ1) is 9.43. The third-order valence-electron chi connectivity index (χ3n) is 4.88. The van der Waals surface area contributed by atoms with E-state index >= 15 is 0 Å². The Morgan fingerprint density at radius 1 is 1.45 bits per heavy atom. The van der Waals surface area contributed by atoms with Crippen LogP contribution in [0.4, 0.5) is 0 Å². The number of hydrogen-bond acceptors (Lipinski definition) is 3. The summed E-state index contributed by atoms with van der Waals surface area (Å²) in [5, 5.41) is 10.4. The van der Waals surface area contributed by atoms with Gasteiger partial charge in [-0.2, -0.15) is 0 Å². The Kier molecular flexibility index (Phi) is 4.90. The number of rotatable bonds is 6. The van der Waals surface area contributed by atoms with Crippen LogP contribution in [0.25, 0.3) is 0 Å². The number of carbonyl (C=O) groups is 1. The van der Waals surface area contributed by atoms with Crippen molar-refractivity contribution in [1.29, 1.82) is 0 Å². The van der Waals surface area contributed by atoms with Gasteiger partial charge in [0.1, 0.15) is 6.10 Å². The van der Waals surface area contributed by atoms with Gasteiger partial charge in [-0.3, -0.25) is 4.79 Å². The first-order valence-corrected chi connectivity index (χ1v) is 8.04. The maximum Gasteiger partial charge on any atom is 0.306 e. The molecule has 1 heterocycles. The van der Waals surface area contributed by atoms with Gasteiger partial charge in [0.25, 0.3) is 0 Å². The predicted molar refractivity (Wildman–Crippen MR) is 79.2 cm³/mol. The zero-order chi connectivity index (χ0) is 14.8. The summed E-state index contributed by atoms with van der Waals surface area (Å²) in [5.41, 5.74) is -0.726. The van der Waals surface area contributed by atoms with Gasteiger partial charge in [0.05, 0.1) is 12.0 Å². The van der Waals surface area contributed by atoms with Crippen molar-refractivity contribution in [2.75, 3.05) is 0 Å². The molecule has 1 unspecified atom stereocenters. The molecular weight excluding hydrogens is 252 g/mol. The van der Waals surface area contributed by atoms with Gasteiger partial charge in [-0.25, -0.2) is 0 Å². The second kappa shape index (κ2) is 6.30. The second-order valence-corrected chi connectivity index (χ2v) is 6.86. The number of allylic oxidation sites excluding steroid dienone is 1. The van der Waals surface area contributed by atoms with Crippen molar-refractivity contribution < 1.29 is 14.6 Å². The third kappa shape index (κ3) is 3.63. The van der Waals surface area contributed by atoms with Crippen molar-refractivity contribution in [2.45, 2.75) is 71.0 Å². The summed E-state index contributed by atoms with van der Waals surface area (Å²) in [6.07, 6.45) is 9.91. The lowest BCUT2D eigenvalue weighted by molar-refractivity contribution is -0.141. The van der Waals surface area contributed by atoms with Crippen LogP contribution in [0.2, 0.25) is 0 Å². The largest absolute Gasteiger partial charge is 0.462 e. The lowest BCUT2D eigenvalue weighted by atomic mass is 9.86. The molecule has 0 aromatic heterocycles. The summed E-state index contributed by atoms with van der Waals surface area (Å²) in [4.78, 5) is 11.4. The highest BCUT2D eigenvalue weighted by molar-refractivity contribution is 5.72. The average molecular weight is 280 g/mol. The number of hydrogen-bond donors (Lipinski definition) is 1. The third-order valence-corrected chi connectivity index (χ3v) is 4.88. The molecule has 20 heavy (non-hydrogen) atoms. The van der Waals surface area contributed by atoms with Crippen molar-refractivity contribution >= 4 is 5.97 Å². The van der Waals surface area contributed by atoms with Crippen molar-refractivity contribution in [1.82, 2.24) is 0 Å². The average Bonchev–Trinajstić information content (AvgIpc) is 2.82. The standard InChI is InChI=1S/C17H28O3/c1-4-5-6-8-17(3,19)9-7-13-12(2)10-15-14(13)11-16(18)20-15/h7,9,12-15,19H,4-6,8,10-11H2,1-3H3/b9-7+/t12-,13+,14?,15+,17+/m1/s1.